The van der Waals surface area contributed by atoms with Crippen molar-refractivity contribution in [2.24, 2.45) is 0 Å². The largest absolute Gasteiger partial charge is 0.461 e. The van der Waals surface area contributed by atoms with E-state index in [2.05, 4.69) is 0 Å². The molecule has 1 saturated carbocycles. The van der Waals surface area contributed by atoms with E-state index in [1.165, 1.54) is 6.42 Å². The topological polar surface area (TPSA) is 72.9 Å². The number of amides is 2. The number of hydrogen-bond acceptors (Lipinski definition) is 5. The molecule has 2 aliphatic rings. The molecular formula is C12H15NO5. The third-order valence-corrected chi connectivity index (χ3v) is 2.93. The second kappa shape index (κ2) is 5.77. The van der Waals surface area contributed by atoms with Crippen molar-refractivity contribution in [3.05, 3.63) is 12.2 Å². The minimum absolute atomic E-state index is 0.0574. The zero-order valence-corrected chi connectivity index (χ0v) is 9.96. The molecule has 0 spiro atoms. The second-order valence-corrected chi connectivity index (χ2v) is 4.33. The van der Waals surface area contributed by atoms with E-state index in [-0.39, 0.29) is 6.10 Å². The molecule has 2 rings (SSSR count). The highest BCUT2D eigenvalue weighted by atomic mass is 16.7. The minimum atomic E-state index is -0.578. The van der Waals surface area contributed by atoms with Gasteiger partial charge in [0.05, 0.1) is 0 Å². The van der Waals surface area contributed by atoms with Crippen molar-refractivity contribution >= 4 is 17.8 Å². The van der Waals surface area contributed by atoms with Crippen LogP contribution in [0.1, 0.15) is 32.1 Å². The van der Waals surface area contributed by atoms with Gasteiger partial charge in [0, 0.05) is 12.2 Å². The van der Waals surface area contributed by atoms with Gasteiger partial charge in [0.25, 0.3) is 11.8 Å². The van der Waals surface area contributed by atoms with Gasteiger partial charge >= 0.3 is 5.97 Å². The Kier molecular flexibility index (Phi) is 4.09. The third-order valence-electron chi connectivity index (χ3n) is 2.93. The van der Waals surface area contributed by atoms with Gasteiger partial charge in [0.2, 0.25) is 0 Å². The van der Waals surface area contributed by atoms with E-state index < -0.39 is 24.4 Å². The third kappa shape index (κ3) is 3.16. The highest BCUT2D eigenvalue weighted by Gasteiger charge is 2.26. The first-order chi connectivity index (χ1) is 8.66. The molecule has 0 bridgehead atoms. The smallest absolute Gasteiger partial charge is 0.335 e. The Labute approximate surface area is 104 Å². The van der Waals surface area contributed by atoms with E-state index in [9.17, 15) is 14.4 Å². The number of carbonyl (C=O) groups is 3. The van der Waals surface area contributed by atoms with E-state index in [1.54, 1.807) is 0 Å². The summed E-state index contributed by atoms with van der Waals surface area (Å²) < 4.78 is 5.19. The van der Waals surface area contributed by atoms with Crippen LogP contribution in [-0.2, 0) is 24.0 Å². The fraction of sp³-hybridized carbons (Fsp3) is 0.583. The zero-order chi connectivity index (χ0) is 13.0. The van der Waals surface area contributed by atoms with Gasteiger partial charge in [-0.05, 0) is 25.7 Å². The number of rotatable bonds is 4. The van der Waals surface area contributed by atoms with Crippen LogP contribution in [-0.4, -0.2) is 35.6 Å². The summed E-state index contributed by atoms with van der Waals surface area (Å²) in [5.41, 5.74) is 0. The van der Waals surface area contributed by atoms with Crippen LogP contribution in [0.3, 0.4) is 0 Å². The molecule has 1 aliphatic carbocycles. The Morgan fingerprint density at radius 2 is 1.78 bits per heavy atom. The fourth-order valence-corrected chi connectivity index (χ4v) is 2.03. The Hall–Kier alpha value is -1.69. The molecule has 1 heterocycles. The molecule has 0 atom stereocenters. The average molecular weight is 253 g/mol. The van der Waals surface area contributed by atoms with E-state index in [1.807, 2.05) is 0 Å². The molecule has 1 aliphatic heterocycles. The minimum Gasteiger partial charge on any atom is -0.461 e. The molecule has 0 N–H and O–H groups in total. The van der Waals surface area contributed by atoms with Crippen LogP contribution in [0, 0.1) is 0 Å². The number of imide groups is 1. The summed E-state index contributed by atoms with van der Waals surface area (Å²) in [6, 6.07) is 0. The van der Waals surface area contributed by atoms with Crippen LogP contribution in [0.15, 0.2) is 12.2 Å². The lowest BCUT2D eigenvalue weighted by molar-refractivity contribution is -0.194. The van der Waals surface area contributed by atoms with Crippen LogP contribution in [0.5, 0.6) is 0 Å². The van der Waals surface area contributed by atoms with Gasteiger partial charge in [-0.25, -0.2) is 4.79 Å². The molecule has 1 fully saturated rings. The summed E-state index contributed by atoms with van der Waals surface area (Å²) in [4.78, 5) is 38.5. The fourth-order valence-electron chi connectivity index (χ4n) is 2.03. The summed E-state index contributed by atoms with van der Waals surface area (Å²) in [5, 5.41) is 0.558. The highest BCUT2D eigenvalue weighted by Crippen LogP contribution is 2.20. The predicted molar refractivity (Wildman–Crippen MR) is 59.9 cm³/mol. The standard InChI is InChI=1S/C12H15NO5/c14-10-6-7-11(15)13(10)17-8-12(16)18-9-4-2-1-3-5-9/h6-7,9H,1-5,8H2. The number of nitrogens with zero attached hydrogens (tertiary/aromatic N) is 1. The van der Waals surface area contributed by atoms with Crippen molar-refractivity contribution in [1.29, 1.82) is 0 Å². The van der Waals surface area contributed by atoms with Crippen molar-refractivity contribution < 1.29 is 24.0 Å². The highest BCUT2D eigenvalue weighted by molar-refractivity contribution is 6.11. The van der Waals surface area contributed by atoms with Crippen LogP contribution >= 0.6 is 0 Å². The molecule has 0 aromatic carbocycles. The van der Waals surface area contributed by atoms with Gasteiger partial charge < -0.3 is 4.74 Å². The number of hydroxylamine groups is 2. The maximum Gasteiger partial charge on any atom is 0.335 e. The average Bonchev–Trinajstić information content (AvgIpc) is 2.68. The number of carbonyl (C=O) groups excluding carboxylic acids is 3. The summed E-state index contributed by atoms with van der Waals surface area (Å²) in [6.45, 7) is -0.421. The van der Waals surface area contributed by atoms with Gasteiger partial charge in [0.15, 0.2) is 6.61 Å². The van der Waals surface area contributed by atoms with Crippen molar-refractivity contribution in [3.8, 4) is 0 Å². The number of hydrogen-bond donors (Lipinski definition) is 0. The molecule has 0 aromatic rings. The van der Waals surface area contributed by atoms with Gasteiger partial charge in [0.1, 0.15) is 6.10 Å². The first-order valence-electron chi connectivity index (χ1n) is 6.05. The number of ether oxygens (including phenoxy) is 1. The maximum absolute atomic E-state index is 11.5. The van der Waals surface area contributed by atoms with Crippen LogP contribution in [0.25, 0.3) is 0 Å². The molecule has 0 aromatic heterocycles. The molecule has 6 nitrogen and oxygen atoms in total. The second-order valence-electron chi connectivity index (χ2n) is 4.33. The summed E-state index contributed by atoms with van der Waals surface area (Å²) >= 11 is 0. The monoisotopic (exact) mass is 253 g/mol. The van der Waals surface area contributed by atoms with Crippen molar-refractivity contribution in [3.63, 3.8) is 0 Å². The quantitative estimate of drug-likeness (QED) is 0.545. The van der Waals surface area contributed by atoms with Gasteiger partial charge in [-0.15, -0.1) is 5.06 Å². The summed E-state index contributed by atoms with van der Waals surface area (Å²) in [5.74, 6) is -1.70. The summed E-state index contributed by atoms with van der Waals surface area (Å²) in [6.07, 6.45) is 7.16. The van der Waals surface area contributed by atoms with Gasteiger partial charge in [-0.3, -0.25) is 14.4 Å². The first-order valence-corrected chi connectivity index (χ1v) is 6.05. The number of esters is 1. The van der Waals surface area contributed by atoms with E-state index in [0.717, 1.165) is 37.8 Å². The lowest BCUT2D eigenvalue weighted by atomic mass is 9.98. The zero-order valence-electron chi connectivity index (χ0n) is 9.96. The Balaban J connectivity index is 1.71. The molecule has 6 heteroatoms. The van der Waals surface area contributed by atoms with Crippen LogP contribution < -0.4 is 0 Å². The Bertz CT molecular complexity index is 366. The van der Waals surface area contributed by atoms with E-state index in [4.69, 9.17) is 9.57 Å². The normalized spacial score (nSPS) is 20.6. The summed E-state index contributed by atoms with van der Waals surface area (Å²) in [7, 11) is 0. The maximum atomic E-state index is 11.5. The van der Waals surface area contributed by atoms with Gasteiger partial charge in [-0.2, -0.15) is 0 Å². The SMILES string of the molecule is O=C(CON1C(=O)C=CC1=O)OC1CCCCC1. The molecule has 0 saturated heterocycles. The Morgan fingerprint density at radius 1 is 1.17 bits per heavy atom. The van der Waals surface area contributed by atoms with Crippen LogP contribution in [0.2, 0.25) is 0 Å². The first kappa shape index (κ1) is 12.8. The molecule has 0 radical (unpaired) electrons. The lowest BCUT2D eigenvalue weighted by Gasteiger charge is -2.22. The van der Waals surface area contributed by atoms with Crippen LogP contribution in [0.4, 0.5) is 0 Å². The van der Waals surface area contributed by atoms with Gasteiger partial charge in [-0.1, -0.05) is 6.42 Å². The molecular weight excluding hydrogens is 238 g/mol. The Morgan fingerprint density at radius 3 is 2.39 bits per heavy atom. The lowest BCUT2D eigenvalue weighted by Crippen LogP contribution is -2.33. The molecule has 2 amide bonds. The van der Waals surface area contributed by atoms with E-state index >= 15 is 0 Å². The van der Waals surface area contributed by atoms with E-state index in [0.29, 0.717) is 5.06 Å². The molecule has 0 unspecified atom stereocenters. The molecule has 18 heavy (non-hydrogen) atoms. The van der Waals surface area contributed by atoms with Crippen molar-refractivity contribution in [2.45, 2.75) is 38.2 Å². The van der Waals surface area contributed by atoms with Crippen molar-refractivity contribution in [2.75, 3.05) is 6.61 Å². The van der Waals surface area contributed by atoms with Crippen molar-refractivity contribution in [1.82, 2.24) is 5.06 Å². The molecule has 98 valence electrons. The predicted octanol–water partition coefficient (Wildman–Crippen LogP) is 0.719.